The van der Waals surface area contributed by atoms with E-state index in [0.717, 1.165) is 31.0 Å². The van der Waals surface area contributed by atoms with Crippen LogP contribution in [0.25, 0.3) is 0 Å². The topological polar surface area (TPSA) is 21.3 Å². The van der Waals surface area contributed by atoms with Crippen LogP contribution in [-0.2, 0) is 4.74 Å². The summed E-state index contributed by atoms with van der Waals surface area (Å²) in [5.41, 5.74) is 0. The third-order valence-electron chi connectivity index (χ3n) is 5.31. The summed E-state index contributed by atoms with van der Waals surface area (Å²) in [7, 11) is 0. The van der Waals surface area contributed by atoms with Crippen molar-refractivity contribution in [3.63, 3.8) is 0 Å². The summed E-state index contributed by atoms with van der Waals surface area (Å²) in [5, 5.41) is 3.81. The van der Waals surface area contributed by atoms with Gasteiger partial charge in [0.05, 0.1) is 6.10 Å². The van der Waals surface area contributed by atoms with Crippen molar-refractivity contribution < 1.29 is 4.74 Å². The molecule has 2 aliphatic carbocycles. The van der Waals surface area contributed by atoms with Gasteiger partial charge in [-0.3, -0.25) is 0 Å². The largest absolute Gasteiger partial charge is 0.378 e. The summed E-state index contributed by atoms with van der Waals surface area (Å²) < 4.78 is 6.01. The first kappa shape index (κ1) is 16.3. The van der Waals surface area contributed by atoms with Gasteiger partial charge in [-0.2, -0.15) is 0 Å². The van der Waals surface area contributed by atoms with Gasteiger partial charge in [0.15, 0.2) is 0 Å². The fourth-order valence-electron chi connectivity index (χ4n) is 4.05. The van der Waals surface area contributed by atoms with E-state index in [4.69, 9.17) is 4.74 Å². The van der Waals surface area contributed by atoms with E-state index in [2.05, 4.69) is 19.2 Å². The first-order chi connectivity index (χ1) is 9.77. The molecule has 0 aromatic carbocycles. The van der Waals surface area contributed by atoms with Gasteiger partial charge in [-0.05, 0) is 50.5 Å². The number of hydrogen-bond acceptors (Lipinski definition) is 2. The molecule has 2 heteroatoms. The maximum atomic E-state index is 6.01. The molecule has 2 saturated carbocycles. The van der Waals surface area contributed by atoms with Gasteiger partial charge in [-0.15, -0.1) is 0 Å². The van der Waals surface area contributed by atoms with Crippen molar-refractivity contribution in [1.82, 2.24) is 5.32 Å². The van der Waals surface area contributed by atoms with E-state index in [1.165, 1.54) is 64.2 Å². The van der Waals surface area contributed by atoms with Gasteiger partial charge >= 0.3 is 0 Å². The van der Waals surface area contributed by atoms with Gasteiger partial charge in [0.25, 0.3) is 0 Å². The average molecular weight is 281 g/mol. The highest BCUT2D eigenvalue weighted by Gasteiger charge is 2.26. The second-order valence-corrected chi connectivity index (χ2v) is 7.24. The Kier molecular flexibility index (Phi) is 7.37. The SMILES string of the molecule is CC(C)C1CCCCC1NCCCOC1CCCCC1. The van der Waals surface area contributed by atoms with Gasteiger partial charge in [0.1, 0.15) is 0 Å². The van der Waals surface area contributed by atoms with E-state index < -0.39 is 0 Å². The van der Waals surface area contributed by atoms with Crippen LogP contribution in [-0.4, -0.2) is 25.3 Å². The molecule has 118 valence electrons. The standard InChI is InChI=1S/C18H35NO/c1-15(2)17-11-6-7-12-18(17)19-13-8-14-20-16-9-4-3-5-10-16/h15-19H,3-14H2,1-2H3. The van der Waals surface area contributed by atoms with Gasteiger partial charge in [0, 0.05) is 12.6 Å². The molecule has 0 heterocycles. The van der Waals surface area contributed by atoms with E-state index in [1.54, 1.807) is 0 Å². The lowest BCUT2D eigenvalue weighted by molar-refractivity contribution is 0.0266. The number of ether oxygens (including phenoxy) is 1. The molecule has 0 aliphatic heterocycles. The van der Waals surface area contributed by atoms with Crippen LogP contribution < -0.4 is 5.32 Å². The maximum Gasteiger partial charge on any atom is 0.0575 e. The number of nitrogens with one attached hydrogen (secondary N) is 1. The van der Waals surface area contributed by atoms with E-state index >= 15 is 0 Å². The number of rotatable bonds is 7. The summed E-state index contributed by atoms with van der Waals surface area (Å²) in [6, 6.07) is 0.762. The predicted octanol–water partition coefficient (Wildman–Crippen LogP) is 4.53. The van der Waals surface area contributed by atoms with Crippen LogP contribution in [0.5, 0.6) is 0 Å². The average Bonchev–Trinajstić information content (AvgIpc) is 2.48. The van der Waals surface area contributed by atoms with Crippen molar-refractivity contribution in [2.45, 2.75) is 90.2 Å². The first-order valence-electron chi connectivity index (χ1n) is 9.12. The molecule has 2 atom stereocenters. The first-order valence-corrected chi connectivity index (χ1v) is 9.12. The van der Waals surface area contributed by atoms with Gasteiger partial charge < -0.3 is 10.1 Å². The summed E-state index contributed by atoms with van der Waals surface area (Å²) in [5.74, 6) is 1.72. The Labute approximate surface area is 126 Å². The molecule has 0 aromatic heterocycles. The van der Waals surface area contributed by atoms with Gasteiger partial charge in [-0.1, -0.05) is 46.0 Å². The molecule has 2 nitrogen and oxygen atoms in total. The van der Waals surface area contributed by atoms with E-state index in [-0.39, 0.29) is 0 Å². The Morgan fingerprint density at radius 1 is 0.950 bits per heavy atom. The second-order valence-electron chi connectivity index (χ2n) is 7.24. The molecule has 0 bridgehead atoms. The third kappa shape index (κ3) is 5.37. The highest BCUT2D eigenvalue weighted by molar-refractivity contribution is 4.82. The molecule has 0 aromatic rings. The van der Waals surface area contributed by atoms with Crippen molar-refractivity contribution >= 4 is 0 Å². The minimum atomic E-state index is 0.571. The Bertz CT molecular complexity index is 248. The molecular formula is C18H35NO. The van der Waals surface area contributed by atoms with Crippen molar-refractivity contribution in [3.05, 3.63) is 0 Å². The van der Waals surface area contributed by atoms with E-state index in [1.807, 2.05) is 0 Å². The van der Waals surface area contributed by atoms with Gasteiger partial charge in [0.2, 0.25) is 0 Å². The zero-order valence-corrected chi connectivity index (χ0v) is 13.7. The molecule has 0 radical (unpaired) electrons. The van der Waals surface area contributed by atoms with E-state index in [9.17, 15) is 0 Å². The van der Waals surface area contributed by atoms with Crippen LogP contribution in [0.4, 0.5) is 0 Å². The molecule has 1 N–H and O–H groups in total. The Morgan fingerprint density at radius 2 is 1.65 bits per heavy atom. The fourth-order valence-corrected chi connectivity index (χ4v) is 4.05. The minimum absolute atomic E-state index is 0.571. The molecule has 2 rings (SSSR count). The lowest BCUT2D eigenvalue weighted by atomic mass is 9.78. The van der Waals surface area contributed by atoms with Crippen LogP contribution >= 0.6 is 0 Å². The Morgan fingerprint density at radius 3 is 2.40 bits per heavy atom. The fraction of sp³-hybridized carbons (Fsp3) is 1.00. The van der Waals surface area contributed by atoms with E-state index in [0.29, 0.717) is 6.10 Å². The Balaban J connectivity index is 1.55. The highest BCUT2D eigenvalue weighted by Crippen LogP contribution is 2.30. The minimum Gasteiger partial charge on any atom is -0.378 e. The van der Waals surface area contributed by atoms with Crippen molar-refractivity contribution in [1.29, 1.82) is 0 Å². The molecular weight excluding hydrogens is 246 g/mol. The zero-order valence-electron chi connectivity index (χ0n) is 13.7. The lowest BCUT2D eigenvalue weighted by Gasteiger charge is -2.35. The van der Waals surface area contributed by atoms with Crippen LogP contribution in [0.2, 0.25) is 0 Å². The predicted molar refractivity (Wildman–Crippen MR) is 86.0 cm³/mol. The second kappa shape index (κ2) is 9.04. The monoisotopic (exact) mass is 281 g/mol. The molecule has 2 unspecified atom stereocenters. The normalized spacial score (nSPS) is 28.9. The summed E-state index contributed by atoms with van der Waals surface area (Å²) in [6.45, 7) is 6.87. The molecule has 20 heavy (non-hydrogen) atoms. The third-order valence-corrected chi connectivity index (χ3v) is 5.31. The van der Waals surface area contributed by atoms with Crippen LogP contribution in [0.1, 0.15) is 78.1 Å². The maximum absolute atomic E-state index is 6.01. The smallest absolute Gasteiger partial charge is 0.0575 e. The summed E-state index contributed by atoms with van der Waals surface area (Å²) >= 11 is 0. The lowest BCUT2D eigenvalue weighted by Crippen LogP contribution is -2.41. The number of hydrogen-bond donors (Lipinski definition) is 1. The Hall–Kier alpha value is -0.0800. The highest BCUT2D eigenvalue weighted by atomic mass is 16.5. The molecule has 0 amide bonds. The van der Waals surface area contributed by atoms with Crippen molar-refractivity contribution in [2.75, 3.05) is 13.2 Å². The van der Waals surface area contributed by atoms with Crippen LogP contribution in [0, 0.1) is 11.8 Å². The molecule has 2 fully saturated rings. The van der Waals surface area contributed by atoms with Crippen molar-refractivity contribution in [2.24, 2.45) is 11.8 Å². The molecule has 0 saturated heterocycles. The molecule has 0 spiro atoms. The summed E-state index contributed by atoms with van der Waals surface area (Å²) in [4.78, 5) is 0. The van der Waals surface area contributed by atoms with Gasteiger partial charge in [-0.25, -0.2) is 0 Å². The van der Waals surface area contributed by atoms with Crippen LogP contribution in [0.3, 0.4) is 0 Å². The zero-order chi connectivity index (χ0) is 14.2. The van der Waals surface area contributed by atoms with Crippen LogP contribution in [0.15, 0.2) is 0 Å². The quantitative estimate of drug-likeness (QED) is 0.692. The molecule has 2 aliphatic rings. The van der Waals surface area contributed by atoms with Crippen molar-refractivity contribution in [3.8, 4) is 0 Å². The summed E-state index contributed by atoms with van der Waals surface area (Å²) in [6.07, 6.45) is 14.2.